The van der Waals surface area contributed by atoms with Crippen molar-refractivity contribution in [2.24, 2.45) is 11.3 Å². The number of rotatable bonds is 8. The number of benzene rings is 1. The molecule has 0 aromatic heterocycles. The summed E-state index contributed by atoms with van der Waals surface area (Å²) in [5.74, 6) is 1.15. The third kappa shape index (κ3) is 4.96. The zero-order valence-electron chi connectivity index (χ0n) is 18.5. The molecule has 4 rings (SSSR count). The van der Waals surface area contributed by atoms with Crippen LogP contribution in [0, 0.1) is 17.2 Å². The Bertz CT molecular complexity index is 900. The van der Waals surface area contributed by atoms with Gasteiger partial charge in [0.15, 0.2) is 0 Å². The van der Waals surface area contributed by atoms with Crippen molar-refractivity contribution in [3.8, 4) is 0 Å². The van der Waals surface area contributed by atoms with Gasteiger partial charge in [0.25, 0.3) is 0 Å². The lowest BCUT2D eigenvalue weighted by molar-refractivity contribution is -0.137. The number of carbonyl (C=O) groups is 1. The van der Waals surface area contributed by atoms with Gasteiger partial charge in [0.2, 0.25) is 0 Å². The van der Waals surface area contributed by atoms with Crippen LogP contribution in [0.3, 0.4) is 0 Å². The Labute approximate surface area is 193 Å². The molecule has 1 saturated heterocycles. The van der Waals surface area contributed by atoms with Crippen molar-refractivity contribution in [2.75, 3.05) is 32.8 Å². The summed E-state index contributed by atoms with van der Waals surface area (Å²) in [5.41, 5.74) is 2.02. The van der Waals surface area contributed by atoms with Crippen LogP contribution in [0.2, 0.25) is 5.02 Å². The molecule has 2 aliphatic heterocycles. The van der Waals surface area contributed by atoms with E-state index in [0.29, 0.717) is 43.2 Å². The number of fused-ring (bicyclic) bond motifs is 1. The van der Waals surface area contributed by atoms with E-state index in [1.807, 2.05) is 6.08 Å². The van der Waals surface area contributed by atoms with Crippen molar-refractivity contribution in [3.05, 3.63) is 57.8 Å². The standard InChI is InChI=1S/C25H31ClFNO4/c1-17-14-19-23(32-16-25(19)8-11-28(12-9-25)10-7-24(29)30)15-22(17)31-13-3-4-18-20(26)5-2-6-21(18)27/h2,5-6,15,17H,3-4,7-14,16H2,1H3,(H,29,30). The lowest BCUT2D eigenvalue weighted by Crippen LogP contribution is -2.42. The fourth-order valence-electron chi connectivity index (χ4n) is 5.07. The number of hydrogen-bond donors (Lipinski definition) is 1. The predicted molar refractivity (Wildman–Crippen MR) is 121 cm³/mol. The lowest BCUT2D eigenvalue weighted by atomic mass is 9.70. The first-order valence-corrected chi connectivity index (χ1v) is 11.8. The molecule has 5 nitrogen and oxygen atoms in total. The minimum absolute atomic E-state index is 0.0763. The number of aliphatic carboxylic acids is 1. The van der Waals surface area contributed by atoms with E-state index in [0.717, 1.165) is 43.9 Å². The maximum atomic E-state index is 13.9. The van der Waals surface area contributed by atoms with Gasteiger partial charge < -0.3 is 19.5 Å². The summed E-state index contributed by atoms with van der Waals surface area (Å²) < 4.78 is 26.1. The van der Waals surface area contributed by atoms with Gasteiger partial charge in [-0.1, -0.05) is 24.6 Å². The Kier molecular flexibility index (Phi) is 7.11. The minimum atomic E-state index is -0.741. The van der Waals surface area contributed by atoms with Crippen LogP contribution >= 0.6 is 11.6 Å². The molecule has 1 fully saturated rings. The van der Waals surface area contributed by atoms with Gasteiger partial charge in [0.1, 0.15) is 17.3 Å². The molecule has 0 amide bonds. The zero-order chi connectivity index (χ0) is 22.7. The van der Waals surface area contributed by atoms with Crippen LogP contribution in [0.25, 0.3) is 0 Å². The molecule has 3 aliphatic rings. The summed E-state index contributed by atoms with van der Waals surface area (Å²) in [4.78, 5) is 13.1. The van der Waals surface area contributed by atoms with Crippen LogP contribution in [-0.4, -0.2) is 48.8 Å². The molecule has 32 heavy (non-hydrogen) atoms. The van der Waals surface area contributed by atoms with Crippen molar-refractivity contribution in [3.63, 3.8) is 0 Å². The van der Waals surface area contributed by atoms with Crippen LogP contribution < -0.4 is 0 Å². The van der Waals surface area contributed by atoms with E-state index in [-0.39, 0.29) is 23.6 Å². The number of hydrogen-bond acceptors (Lipinski definition) is 4. The third-order valence-corrected chi connectivity index (χ3v) is 7.42. The van der Waals surface area contributed by atoms with E-state index >= 15 is 0 Å². The lowest BCUT2D eigenvalue weighted by Gasteiger charge is -2.40. The van der Waals surface area contributed by atoms with Crippen molar-refractivity contribution < 1.29 is 23.8 Å². The highest BCUT2D eigenvalue weighted by Gasteiger charge is 2.46. The van der Waals surface area contributed by atoms with Gasteiger partial charge in [-0.3, -0.25) is 4.79 Å². The zero-order valence-corrected chi connectivity index (χ0v) is 19.3. The van der Waals surface area contributed by atoms with Crippen molar-refractivity contribution in [1.82, 2.24) is 4.90 Å². The molecule has 1 N–H and O–H groups in total. The quantitative estimate of drug-likeness (QED) is 0.537. The second-order valence-corrected chi connectivity index (χ2v) is 9.61. The highest BCUT2D eigenvalue weighted by molar-refractivity contribution is 6.31. The summed E-state index contributed by atoms with van der Waals surface area (Å²) in [6.07, 6.45) is 6.41. The molecular weight excluding hydrogens is 433 g/mol. The number of piperidine rings is 1. The molecule has 1 aromatic carbocycles. The average Bonchev–Trinajstić information content (AvgIpc) is 3.09. The Morgan fingerprint density at radius 1 is 1.38 bits per heavy atom. The first kappa shape index (κ1) is 23.1. The maximum absolute atomic E-state index is 13.9. The van der Waals surface area contributed by atoms with Crippen molar-refractivity contribution in [1.29, 1.82) is 0 Å². The highest BCUT2D eigenvalue weighted by Crippen LogP contribution is 2.51. The van der Waals surface area contributed by atoms with Gasteiger partial charge in [0, 0.05) is 34.5 Å². The Balaban J connectivity index is 1.33. The minimum Gasteiger partial charge on any atom is -0.497 e. The molecule has 174 valence electrons. The molecule has 2 heterocycles. The predicted octanol–water partition coefficient (Wildman–Crippen LogP) is 5.19. The van der Waals surface area contributed by atoms with Gasteiger partial charge in [-0.15, -0.1) is 0 Å². The molecule has 1 aliphatic carbocycles. The summed E-state index contributed by atoms with van der Waals surface area (Å²) >= 11 is 6.11. The van der Waals surface area contributed by atoms with Gasteiger partial charge in [-0.05, 0) is 62.9 Å². The van der Waals surface area contributed by atoms with E-state index in [2.05, 4.69) is 11.8 Å². The average molecular weight is 464 g/mol. The topological polar surface area (TPSA) is 59.0 Å². The van der Waals surface area contributed by atoms with Crippen LogP contribution in [-0.2, 0) is 20.7 Å². The molecule has 1 atom stereocenters. The molecule has 0 saturated carbocycles. The Hall–Kier alpha value is -2.05. The van der Waals surface area contributed by atoms with E-state index in [1.165, 1.54) is 11.6 Å². The molecule has 1 unspecified atom stereocenters. The number of nitrogens with zero attached hydrogens (tertiary/aromatic N) is 1. The summed E-state index contributed by atoms with van der Waals surface area (Å²) in [6, 6.07) is 4.77. The number of carboxylic acids is 1. The summed E-state index contributed by atoms with van der Waals surface area (Å²) in [7, 11) is 0. The number of likely N-dealkylation sites (tertiary alicyclic amines) is 1. The Morgan fingerprint density at radius 3 is 2.88 bits per heavy atom. The summed E-state index contributed by atoms with van der Waals surface area (Å²) in [5, 5.41) is 9.38. The van der Waals surface area contributed by atoms with Gasteiger partial charge in [-0.2, -0.15) is 0 Å². The monoisotopic (exact) mass is 463 g/mol. The normalized spacial score (nSPS) is 22.5. The maximum Gasteiger partial charge on any atom is 0.304 e. The first-order valence-electron chi connectivity index (χ1n) is 11.5. The van der Waals surface area contributed by atoms with Crippen LogP contribution in [0.5, 0.6) is 0 Å². The Morgan fingerprint density at radius 2 is 2.16 bits per heavy atom. The number of halogens is 2. The van der Waals surface area contributed by atoms with E-state index in [4.69, 9.17) is 26.2 Å². The second-order valence-electron chi connectivity index (χ2n) is 9.20. The fraction of sp³-hybridized carbons (Fsp3) is 0.560. The van der Waals surface area contributed by atoms with E-state index < -0.39 is 5.97 Å². The van der Waals surface area contributed by atoms with Crippen LogP contribution in [0.15, 0.2) is 41.4 Å². The summed E-state index contributed by atoms with van der Waals surface area (Å²) in [6.45, 7) is 5.82. The van der Waals surface area contributed by atoms with Crippen molar-refractivity contribution >= 4 is 17.6 Å². The largest absolute Gasteiger partial charge is 0.497 e. The molecule has 7 heteroatoms. The molecule has 1 spiro atoms. The second kappa shape index (κ2) is 9.84. The molecule has 0 bridgehead atoms. The number of ether oxygens (including phenoxy) is 2. The van der Waals surface area contributed by atoms with Crippen LogP contribution in [0.4, 0.5) is 4.39 Å². The first-order chi connectivity index (χ1) is 15.4. The van der Waals surface area contributed by atoms with E-state index in [1.54, 1.807) is 12.1 Å². The molecule has 0 radical (unpaired) electrons. The number of carboxylic acid groups (broad SMARTS) is 1. The third-order valence-electron chi connectivity index (χ3n) is 7.07. The van der Waals surface area contributed by atoms with Gasteiger partial charge >= 0.3 is 5.97 Å². The van der Waals surface area contributed by atoms with Crippen molar-refractivity contribution in [2.45, 2.75) is 45.4 Å². The highest BCUT2D eigenvalue weighted by atomic mass is 35.5. The molecular formula is C25H31ClFNO4. The smallest absolute Gasteiger partial charge is 0.304 e. The van der Waals surface area contributed by atoms with Crippen LogP contribution in [0.1, 0.15) is 44.6 Å². The molecule has 1 aromatic rings. The number of allylic oxidation sites excluding steroid dienone is 2. The SMILES string of the molecule is CC1CC2=C(C=C1OCCCc1c(F)cccc1Cl)OCC21CCN(CCC(=O)O)CC1. The van der Waals surface area contributed by atoms with E-state index in [9.17, 15) is 9.18 Å². The van der Waals surface area contributed by atoms with Gasteiger partial charge in [-0.25, -0.2) is 4.39 Å². The van der Waals surface area contributed by atoms with Gasteiger partial charge in [0.05, 0.1) is 19.6 Å². The fourth-order valence-corrected chi connectivity index (χ4v) is 5.33.